The second kappa shape index (κ2) is 10.7. The van der Waals surface area contributed by atoms with E-state index in [-0.39, 0.29) is 18.4 Å². The predicted octanol–water partition coefficient (Wildman–Crippen LogP) is 4.79. The number of anilines is 1. The van der Waals surface area contributed by atoms with Crippen LogP contribution < -0.4 is 10.2 Å². The van der Waals surface area contributed by atoms with Crippen molar-refractivity contribution >= 4 is 35.3 Å². The molecule has 34 heavy (non-hydrogen) atoms. The third-order valence-electron chi connectivity index (χ3n) is 5.84. The minimum Gasteiger partial charge on any atom is -0.355 e. The van der Waals surface area contributed by atoms with Gasteiger partial charge in [0.1, 0.15) is 6.54 Å². The minimum atomic E-state index is -4.42. The molecule has 2 heterocycles. The van der Waals surface area contributed by atoms with Crippen LogP contribution in [0.5, 0.6) is 0 Å². The van der Waals surface area contributed by atoms with Gasteiger partial charge in [-0.25, -0.2) is 0 Å². The van der Waals surface area contributed by atoms with E-state index in [9.17, 15) is 22.8 Å². The lowest BCUT2D eigenvalue weighted by atomic mass is 10.1. The summed E-state index contributed by atoms with van der Waals surface area (Å²) in [6.07, 6.45) is 0.445. The van der Waals surface area contributed by atoms with Crippen molar-refractivity contribution in [2.45, 2.75) is 30.3 Å². The Kier molecular flexibility index (Phi) is 7.63. The summed E-state index contributed by atoms with van der Waals surface area (Å²) in [7, 11) is 0. The fourth-order valence-corrected chi connectivity index (χ4v) is 5.13. The third kappa shape index (κ3) is 6.01. The molecular weight excluding hydrogens is 463 g/mol. The number of thioether (sulfide) groups is 1. The molecule has 1 saturated heterocycles. The van der Waals surface area contributed by atoms with E-state index in [2.05, 4.69) is 10.2 Å². The van der Waals surface area contributed by atoms with E-state index in [1.807, 2.05) is 12.1 Å². The number of amides is 2. The first-order chi connectivity index (χ1) is 16.3. The highest BCUT2D eigenvalue weighted by atomic mass is 32.2. The molecule has 2 aromatic carbocycles. The molecule has 5 nitrogen and oxygen atoms in total. The number of nitrogens with one attached hydrogen (secondary N) is 1. The number of benzene rings is 2. The van der Waals surface area contributed by atoms with Gasteiger partial charge in [0, 0.05) is 11.4 Å². The molecule has 1 fully saturated rings. The lowest BCUT2D eigenvalue weighted by molar-refractivity contribution is -0.137. The Morgan fingerprint density at radius 2 is 1.76 bits per heavy atom. The first-order valence-corrected chi connectivity index (χ1v) is 12.1. The van der Waals surface area contributed by atoms with Crippen LogP contribution in [0.15, 0.2) is 58.3 Å². The van der Waals surface area contributed by atoms with Crippen LogP contribution in [0.1, 0.15) is 30.4 Å². The van der Waals surface area contributed by atoms with E-state index < -0.39 is 11.7 Å². The van der Waals surface area contributed by atoms with E-state index in [1.54, 1.807) is 18.2 Å². The van der Waals surface area contributed by atoms with Crippen LogP contribution >= 0.6 is 11.8 Å². The van der Waals surface area contributed by atoms with Crippen LogP contribution in [-0.2, 0) is 15.8 Å². The number of hydrogen-bond acceptors (Lipinski definition) is 4. The van der Waals surface area contributed by atoms with Crippen molar-refractivity contribution in [1.82, 2.24) is 10.2 Å². The van der Waals surface area contributed by atoms with Crippen LogP contribution in [0.2, 0.25) is 0 Å². The van der Waals surface area contributed by atoms with Crippen molar-refractivity contribution in [2.24, 2.45) is 0 Å². The Bertz CT molecular complexity index is 1060. The molecule has 0 bridgehead atoms. The van der Waals surface area contributed by atoms with Crippen molar-refractivity contribution in [3.63, 3.8) is 0 Å². The highest BCUT2D eigenvalue weighted by Crippen LogP contribution is 2.42. The summed E-state index contributed by atoms with van der Waals surface area (Å²) in [5.74, 6) is -0.596. The normalized spacial score (nSPS) is 17.8. The van der Waals surface area contributed by atoms with Gasteiger partial charge in [-0.15, -0.1) is 0 Å². The van der Waals surface area contributed by atoms with E-state index in [4.69, 9.17) is 0 Å². The van der Waals surface area contributed by atoms with Gasteiger partial charge in [0.15, 0.2) is 0 Å². The van der Waals surface area contributed by atoms with Crippen molar-refractivity contribution in [1.29, 1.82) is 0 Å². The van der Waals surface area contributed by atoms with Crippen LogP contribution in [0, 0.1) is 0 Å². The molecule has 2 aliphatic heterocycles. The van der Waals surface area contributed by atoms with E-state index in [1.165, 1.54) is 41.6 Å². The van der Waals surface area contributed by atoms with Gasteiger partial charge in [-0.2, -0.15) is 13.2 Å². The average molecular weight is 490 g/mol. The second-order valence-electron chi connectivity index (χ2n) is 8.34. The maximum atomic E-state index is 13.2. The lowest BCUT2D eigenvalue weighted by Gasteiger charge is -2.29. The highest BCUT2D eigenvalue weighted by Gasteiger charge is 2.31. The number of fused-ring (bicyclic) bond motifs is 1. The molecule has 180 valence electrons. The summed E-state index contributed by atoms with van der Waals surface area (Å²) in [5, 5.41) is 2.90. The minimum absolute atomic E-state index is 0.121. The second-order valence-corrected chi connectivity index (χ2v) is 9.43. The van der Waals surface area contributed by atoms with E-state index >= 15 is 0 Å². The van der Waals surface area contributed by atoms with Crippen molar-refractivity contribution in [3.8, 4) is 0 Å². The quantitative estimate of drug-likeness (QED) is 0.449. The van der Waals surface area contributed by atoms with Gasteiger partial charge in [-0.3, -0.25) is 14.5 Å². The monoisotopic (exact) mass is 489 g/mol. The maximum Gasteiger partial charge on any atom is 0.416 e. The summed E-state index contributed by atoms with van der Waals surface area (Å²) < 4.78 is 38.5. The summed E-state index contributed by atoms with van der Waals surface area (Å²) in [5.41, 5.74) is 0.384. The summed E-state index contributed by atoms with van der Waals surface area (Å²) >= 11 is 1.25. The molecule has 0 spiro atoms. The van der Waals surface area contributed by atoms with Gasteiger partial charge in [0.2, 0.25) is 5.91 Å². The molecule has 0 aromatic heterocycles. The molecule has 9 heteroatoms. The van der Waals surface area contributed by atoms with Crippen LogP contribution in [0.4, 0.5) is 18.9 Å². The predicted molar refractivity (Wildman–Crippen MR) is 127 cm³/mol. The number of alkyl halides is 3. The average Bonchev–Trinajstić information content (AvgIpc) is 3.33. The molecule has 0 saturated carbocycles. The number of para-hydroxylation sites is 1. The van der Waals surface area contributed by atoms with Crippen LogP contribution in [0.25, 0.3) is 6.08 Å². The standard InChI is InChI=1S/C25H26F3N3O2S/c26-25(27,28)19-10-8-18(9-11-19)16-22-24(33)31(20-6-1-2-7-21(20)34-22)17-23(32)29-12-5-15-30-13-3-4-14-30/h1-2,6-11,16H,3-5,12-15,17H2,(H,29,32). The smallest absolute Gasteiger partial charge is 0.355 e. The molecule has 2 aromatic rings. The Morgan fingerprint density at radius 1 is 1.06 bits per heavy atom. The molecule has 0 radical (unpaired) electrons. The zero-order chi connectivity index (χ0) is 24.1. The fourth-order valence-electron chi connectivity index (χ4n) is 4.08. The first kappa shape index (κ1) is 24.3. The molecule has 0 atom stereocenters. The molecule has 2 aliphatic rings. The summed E-state index contributed by atoms with van der Waals surface area (Å²) in [6.45, 7) is 3.59. The number of rotatable bonds is 7. The SMILES string of the molecule is O=C(CN1C(=O)C(=Cc2ccc(C(F)(F)F)cc2)Sc2ccccc21)NCCCN1CCCC1. The lowest BCUT2D eigenvalue weighted by Crippen LogP contribution is -2.43. The number of hydrogen-bond donors (Lipinski definition) is 1. The summed E-state index contributed by atoms with van der Waals surface area (Å²) in [4.78, 5) is 30.8. The molecular formula is C25H26F3N3O2S. The number of halogens is 3. The highest BCUT2D eigenvalue weighted by molar-refractivity contribution is 8.04. The van der Waals surface area contributed by atoms with Gasteiger partial charge in [-0.05, 0) is 74.8 Å². The number of carbonyl (C=O) groups is 2. The maximum absolute atomic E-state index is 13.2. The van der Waals surface area contributed by atoms with Crippen LogP contribution in [-0.4, -0.2) is 49.4 Å². The Balaban J connectivity index is 1.44. The first-order valence-electron chi connectivity index (χ1n) is 11.3. The van der Waals surface area contributed by atoms with Gasteiger partial charge in [0.05, 0.1) is 16.2 Å². The summed E-state index contributed by atoms with van der Waals surface area (Å²) in [6, 6.07) is 11.9. The molecule has 4 rings (SSSR count). The largest absolute Gasteiger partial charge is 0.416 e. The Morgan fingerprint density at radius 3 is 2.47 bits per heavy atom. The van der Waals surface area contributed by atoms with E-state index in [0.29, 0.717) is 22.7 Å². The molecule has 1 N–H and O–H groups in total. The van der Waals surface area contributed by atoms with Crippen molar-refractivity contribution in [3.05, 3.63) is 64.6 Å². The van der Waals surface area contributed by atoms with Gasteiger partial charge in [0.25, 0.3) is 5.91 Å². The fraction of sp³-hybridized carbons (Fsp3) is 0.360. The third-order valence-corrected chi connectivity index (χ3v) is 6.92. The van der Waals surface area contributed by atoms with Gasteiger partial charge in [-0.1, -0.05) is 36.0 Å². The molecule has 0 aliphatic carbocycles. The van der Waals surface area contributed by atoms with Crippen molar-refractivity contribution < 1.29 is 22.8 Å². The van der Waals surface area contributed by atoms with Crippen LogP contribution in [0.3, 0.4) is 0 Å². The number of carbonyl (C=O) groups excluding carboxylic acids is 2. The van der Waals surface area contributed by atoms with Gasteiger partial charge < -0.3 is 10.2 Å². The molecule has 2 amide bonds. The zero-order valence-electron chi connectivity index (χ0n) is 18.6. The topological polar surface area (TPSA) is 52.7 Å². The van der Waals surface area contributed by atoms with Crippen molar-refractivity contribution in [2.75, 3.05) is 37.6 Å². The number of likely N-dealkylation sites (tertiary alicyclic amines) is 1. The Labute approximate surface area is 201 Å². The Hall–Kier alpha value is -2.78. The molecule has 0 unspecified atom stereocenters. The van der Waals surface area contributed by atoms with E-state index in [0.717, 1.165) is 43.1 Å². The number of nitrogens with zero attached hydrogens (tertiary/aromatic N) is 2. The van der Waals surface area contributed by atoms with Gasteiger partial charge >= 0.3 is 6.18 Å². The zero-order valence-corrected chi connectivity index (χ0v) is 19.4.